The van der Waals surface area contributed by atoms with Gasteiger partial charge in [0.2, 0.25) is 5.88 Å². The smallest absolute Gasteiger partial charge is 0.354 e. The maximum absolute atomic E-state index is 13.2. The number of amides is 2. The number of nitrogens with one attached hydrogen (secondary N) is 1. The zero-order chi connectivity index (χ0) is 22.3. The van der Waals surface area contributed by atoms with E-state index in [4.69, 9.17) is 21.0 Å². The van der Waals surface area contributed by atoms with Crippen LogP contribution in [-0.4, -0.2) is 39.3 Å². The molecule has 3 N–H and O–H groups in total. The highest BCUT2D eigenvalue weighted by Crippen LogP contribution is 2.38. The van der Waals surface area contributed by atoms with E-state index in [2.05, 4.69) is 20.7 Å². The number of carbonyl (C=O) groups excluding carboxylic acids is 1. The molecule has 5 rings (SSSR count). The van der Waals surface area contributed by atoms with Crippen LogP contribution in [0.25, 0.3) is 0 Å². The first-order chi connectivity index (χ1) is 15.5. The van der Waals surface area contributed by atoms with Crippen molar-refractivity contribution in [3.63, 3.8) is 0 Å². The number of ether oxygens (including phenoxy) is 2. The molecule has 1 aromatic carbocycles. The Balaban J connectivity index is 1.38. The van der Waals surface area contributed by atoms with Crippen LogP contribution in [-0.2, 0) is 46.9 Å². The lowest BCUT2D eigenvalue weighted by Crippen LogP contribution is -2.33. The standard InChI is InChI=1S/C22H25N5O4S/c1-2-9-30-15-12-27-21(31-13-15)20(11-24-27)32(23,29)26-22(28)25-19-10-14-5-3-6-16(14)17-7-4-8-18(17)19/h1,10-11,15H,3-9,12-13H2,(H3,23,25,26,28,29). The summed E-state index contributed by atoms with van der Waals surface area (Å²) < 4.78 is 29.6. The molecule has 2 heterocycles. The summed E-state index contributed by atoms with van der Waals surface area (Å²) in [5.74, 6) is 2.64. The van der Waals surface area contributed by atoms with E-state index in [1.54, 1.807) is 0 Å². The molecule has 2 atom stereocenters. The fourth-order valence-electron chi connectivity index (χ4n) is 4.85. The van der Waals surface area contributed by atoms with Crippen molar-refractivity contribution in [3.05, 3.63) is 34.5 Å². The minimum absolute atomic E-state index is 0.0854. The molecule has 168 valence electrons. The molecule has 2 aliphatic carbocycles. The summed E-state index contributed by atoms with van der Waals surface area (Å²) in [6.07, 6.45) is 12.6. The third-order valence-electron chi connectivity index (χ3n) is 6.21. The molecule has 0 fully saturated rings. The van der Waals surface area contributed by atoms with E-state index in [1.807, 2.05) is 6.07 Å². The molecule has 32 heavy (non-hydrogen) atoms. The van der Waals surface area contributed by atoms with Crippen molar-refractivity contribution < 1.29 is 18.5 Å². The maximum Gasteiger partial charge on any atom is 0.354 e. The van der Waals surface area contributed by atoms with Crippen LogP contribution in [0.2, 0.25) is 0 Å². The highest BCUT2D eigenvalue weighted by molar-refractivity contribution is 7.91. The second kappa shape index (κ2) is 8.24. The Morgan fingerprint density at radius 3 is 2.97 bits per heavy atom. The first kappa shape index (κ1) is 21.0. The summed E-state index contributed by atoms with van der Waals surface area (Å²) in [5, 5.41) is 13.0. The number of carbonyl (C=O) groups is 1. The number of fused-ring (bicyclic) bond motifs is 4. The molecule has 2 aromatic rings. The Bertz CT molecular complexity index is 1250. The van der Waals surface area contributed by atoms with Crippen molar-refractivity contribution >= 4 is 21.6 Å². The molecular formula is C22H25N5O4S. The molecular weight excluding hydrogens is 430 g/mol. The van der Waals surface area contributed by atoms with Crippen LogP contribution in [0.3, 0.4) is 0 Å². The molecule has 2 amide bonds. The largest absolute Gasteiger partial charge is 0.474 e. The lowest BCUT2D eigenvalue weighted by molar-refractivity contribution is 0.00163. The Hall–Kier alpha value is -2.87. The average molecular weight is 456 g/mol. The Morgan fingerprint density at radius 2 is 2.12 bits per heavy atom. The van der Waals surface area contributed by atoms with Crippen LogP contribution in [0.4, 0.5) is 10.5 Å². The van der Waals surface area contributed by atoms with E-state index in [1.165, 1.54) is 33.1 Å². The molecule has 1 aliphatic heterocycles. The van der Waals surface area contributed by atoms with Gasteiger partial charge in [-0.15, -0.1) is 10.8 Å². The zero-order valence-electron chi connectivity index (χ0n) is 17.6. The molecule has 10 heteroatoms. The number of hydrogen-bond acceptors (Lipinski definition) is 5. The van der Waals surface area contributed by atoms with Crippen LogP contribution in [0.15, 0.2) is 21.5 Å². The van der Waals surface area contributed by atoms with Crippen LogP contribution in [0.1, 0.15) is 35.1 Å². The minimum Gasteiger partial charge on any atom is -0.474 e. The first-order valence-corrected chi connectivity index (χ1v) is 12.3. The van der Waals surface area contributed by atoms with Crippen molar-refractivity contribution in [1.82, 2.24) is 9.78 Å². The molecule has 3 aliphatic rings. The molecule has 0 saturated carbocycles. The number of rotatable bonds is 4. The van der Waals surface area contributed by atoms with Gasteiger partial charge in [0.05, 0.1) is 12.7 Å². The summed E-state index contributed by atoms with van der Waals surface area (Å²) in [7, 11) is -3.56. The first-order valence-electron chi connectivity index (χ1n) is 10.7. The number of aryl methyl sites for hydroxylation is 1. The highest BCUT2D eigenvalue weighted by Gasteiger charge is 2.29. The molecule has 1 aromatic heterocycles. The number of terminal acetylenes is 1. The number of hydrogen-bond donors (Lipinski definition) is 2. The van der Waals surface area contributed by atoms with Crippen molar-refractivity contribution in [2.24, 2.45) is 9.50 Å². The lowest BCUT2D eigenvalue weighted by atomic mass is 9.98. The third kappa shape index (κ3) is 3.77. The van der Waals surface area contributed by atoms with Gasteiger partial charge in [0, 0.05) is 5.69 Å². The van der Waals surface area contributed by atoms with Gasteiger partial charge >= 0.3 is 6.03 Å². The monoisotopic (exact) mass is 455 g/mol. The fraction of sp³-hybridized carbons (Fsp3) is 0.455. The number of nitrogens with two attached hydrogens (primary N) is 1. The van der Waals surface area contributed by atoms with Gasteiger partial charge in [-0.05, 0) is 66.8 Å². The van der Waals surface area contributed by atoms with E-state index in [0.717, 1.165) is 44.2 Å². The van der Waals surface area contributed by atoms with Crippen molar-refractivity contribution in [1.29, 1.82) is 0 Å². The number of aromatic nitrogens is 2. The van der Waals surface area contributed by atoms with Gasteiger partial charge in [-0.25, -0.2) is 18.8 Å². The minimum atomic E-state index is -3.56. The second-order valence-corrected chi connectivity index (χ2v) is 10.0. The van der Waals surface area contributed by atoms with E-state index < -0.39 is 15.9 Å². The summed E-state index contributed by atoms with van der Waals surface area (Å²) in [5.41, 5.74) is 6.02. The zero-order valence-corrected chi connectivity index (χ0v) is 18.5. The summed E-state index contributed by atoms with van der Waals surface area (Å²) in [6.45, 7) is 0.746. The van der Waals surface area contributed by atoms with Gasteiger partial charge in [-0.1, -0.05) is 5.92 Å². The number of urea groups is 1. The normalized spacial score (nSPS) is 20.3. The lowest BCUT2D eigenvalue weighted by Gasteiger charge is -2.24. The Kier molecular flexibility index (Phi) is 5.41. The third-order valence-corrected chi connectivity index (χ3v) is 7.55. The molecule has 2 unspecified atom stereocenters. The van der Waals surface area contributed by atoms with Crippen LogP contribution < -0.4 is 15.2 Å². The van der Waals surface area contributed by atoms with Crippen molar-refractivity contribution in [3.8, 4) is 18.2 Å². The van der Waals surface area contributed by atoms with Gasteiger partial charge in [0.1, 0.15) is 24.2 Å². The van der Waals surface area contributed by atoms with E-state index in [0.29, 0.717) is 6.54 Å². The number of benzene rings is 1. The molecule has 0 saturated heterocycles. The Morgan fingerprint density at radius 1 is 1.34 bits per heavy atom. The van der Waals surface area contributed by atoms with E-state index >= 15 is 0 Å². The van der Waals surface area contributed by atoms with Crippen LogP contribution in [0.5, 0.6) is 5.88 Å². The predicted molar refractivity (Wildman–Crippen MR) is 119 cm³/mol. The molecule has 0 spiro atoms. The van der Waals surface area contributed by atoms with Gasteiger partial charge in [-0.3, -0.25) is 0 Å². The molecule has 9 nitrogen and oxygen atoms in total. The topological polar surface area (TPSA) is 121 Å². The molecule has 0 radical (unpaired) electrons. The van der Waals surface area contributed by atoms with E-state index in [-0.39, 0.29) is 30.1 Å². The van der Waals surface area contributed by atoms with Crippen molar-refractivity contribution in [2.75, 3.05) is 18.5 Å². The summed E-state index contributed by atoms with van der Waals surface area (Å²) in [6, 6.07) is 1.30. The van der Waals surface area contributed by atoms with Gasteiger partial charge in [0.25, 0.3) is 0 Å². The quantitative estimate of drug-likeness (QED) is 0.685. The maximum atomic E-state index is 13.2. The average Bonchev–Trinajstić information content (AvgIpc) is 3.49. The van der Waals surface area contributed by atoms with Gasteiger partial charge in [-0.2, -0.15) is 5.10 Å². The molecule has 0 bridgehead atoms. The second-order valence-electron chi connectivity index (χ2n) is 8.26. The van der Waals surface area contributed by atoms with E-state index in [9.17, 15) is 9.00 Å². The van der Waals surface area contributed by atoms with Gasteiger partial charge < -0.3 is 14.8 Å². The number of anilines is 1. The van der Waals surface area contributed by atoms with Crippen LogP contribution in [0, 0.1) is 12.3 Å². The fourth-order valence-corrected chi connectivity index (χ4v) is 5.85. The highest BCUT2D eigenvalue weighted by atomic mass is 32.2. The Labute approximate surface area is 187 Å². The summed E-state index contributed by atoms with van der Waals surface area (Å²) >= 11 is 0. The van der Waals surface area contributed by atoms with Crippen molar-refractivity contribution in [2.45, 2.75) is 56.1 Å². The summed E-state index contributed by atoms with van der Waals surface area (Å²) in [4.78, 5) is 12.8. The SMILES string of the molecule is C#CCOC1COc2c(S(N)(=O)=NC(=O)Nc3cc4c(c5c3CCC5)CCC4)cnn2C1. The van der Waals surface area contributed by atoms with Crippen LogP contribution >= 0.6 is 0 Å². The predicted octanol–water partition coefficient (Wildman–Crippen LogP) is 2.20. The van der Waals surface area contributed by atoms with Gasteiger partial charge in [0.15, 0.2) is 9.92 Å². The number of nitrogens with zero attached hydrogens (tertiary/aromatic N) is 3.